The zero-order chi connectivity index (χ0) is 17.0. The normalized spacial score (nSPS) is 23.0. The molecule has 0 aromatic carbocycles. The molecule has 2 atom stereocenters. The van der Waals surface area contributed by atoms with Crippen LogP contribution in [0.4, 0.5) is 18.0 Å². The van der Waals surface area contributed by atoms with Crippen LogP contribution in [0.25, 0.3) is 0 Å². The van der Waals surface area contributed by atoms with Gasteiger partial charge in [0, 0.05) is 11.6 Å². The Bertz CT molecular complexity index is 405. The molecule has 0 aromatic rings. The lowest BCUT2D eigenvalue weighted by Gasteiger charge is -2.33. The van der Waals surface area contributed by atoms with Crippen molar-refractivity contribution >= 4 is 11.9 Å². The van der Waals surface area contributed by atoms with E-state index in [1.165, 1.54) is 0 Å². The Balaban J connectivity index is 2.44. The van der Waals surface area contributed by atoms with Gasteiger partial charge in [0.1, 0.15) is 0 Å². The van der Waals surface area contributed by atoms with E-state index in [0.717, 1.165) is 0 Å². The maximum absolute atomic E-state index is 12.9. The number of alkyl halides is 3. The van der Waals surface area contributed by atoms with E-state index in [-0.39, 0.29) is 13.0 Å². The Kier molecular flexibility index (Phi) is 6.22. The molecule has 3 N–H and O–H groups in total. The number of urea groups is 1. The molecule has 1 saturated carbocycles. The van der Waals surface area contributed by atoms with E-state index < -0.39 is 35.6 Å². The van der Waals surface area contributed by atoms with Gasteiger partial charge >= 0.3 is 12.2 Å². The molecule has 1 aliphatic rings. The van der Waals surface area contributed by atoms with Gasteiger partial charge in [-0.1, -0.05) is 12.8 Å². The first-order valence-corrected chi connectivity index (χ1v) is 7.41. The molecule has 5 nitrogen and oxygen atoms in total. The van der Waals surface area contributed by atoms with Crippen LogP contribution in [0.1, 0.15) is 46.5 Å². The second-order valence-electron chi connectivity index (χ2n) is 6.67. The van der Waals surface area contributed by atoms with Gasteiger partial charge in [0.05, 0.1) is 12.5 Å². The van der Waals surface area contributed by atoms with Crippen molar-refractivity contribution < 1.29 is 22.8 Å². The Hall–Kier alpha value is -1.31. The van der Waals surface area contributed by atoms with E-state index >= 15 is 0 Å². The molecule has 1 rings (SSSR count). The van der Waals surface area contributed by atoms with Crippen molar-refractivity contribution in [2.45, 2.75) is 64.2 Å². The Morgan fingerprint density at radius 3 is 2.23 bits per heavy atom. The van der Waals surface area contributed by atoms with Crippen molar-refractivity contribution in [2.24, 2.45) is 5.92 Å². The second kappa shape index (κ2) is 7.30. The molecule has 0 radical (unpaired) electrons. The van der Waals surface area contributed by atoms with Gasteiger partial charge in [0.15, 0.2) is 0 Å². The van der Waals surface area contributed by atoms with Crippen molar-refractivity contribution in [1.82, 2.24) is 16.0 Å². The van der Waals surface area contributed by atoms with Crippen LogP contribution < -0.4 is 16.0 Å². The van der Waals surface area contributed by atoms with Gasteiger partial charge in [-0.15, -0.1) is 0 Å². The van der Waals surface area contributed by atoms with Crippen LogP contribution in [0.15, 0.2) is 0 Å². The fourth-order valence-corrected chi connectivity index (χ4v) is 2.53. The molecule has 3 amide bonds. The number of halogens is 3. The average molecular weight is 323 g/mol. The first kappa shape index (κ1) is 18.7. The van der Waals surface area contributed by atoms with Crippen molar-refractivity contribution in [3.8, 4) is 0 Å². The van der Waals surface area contributed by atoms with Crippen LogP contribution in [0, 0.1) is 5.92 Å². The predicted molar refractivity (Wildman–Crippen MR) is 76.2 cm³/mol. The molecule has 128 valence electrons. The number of rotatable bonds is 3. The molecule has 22 heavy (non-hydrogen) atoms. The molecule has 0 unspecified atom stereocenters. The lowest BCUT2D eigenvalue weighted by molar-refractivity contribution is -0.189. The molecule has 0 spiro atoms. The van der Waals surface area contributed by atoms with Gasteiger partial charge in [-0.25, -0.2) is 4.79 Å². The lowest BCUT2D eigenvalue weighted by atomic mass is 9.84. The fourth-order valence-electron chi connectivity index (χ4n) is 2.53. The van der Waals surface area contributed by atoms with Gasteiger partial charge < -0.3 is 10.6 Å². The van der Waals surface area contributed by atoms with Crippen LogP contribution in [-0.2, 0) is 4.79 Å². The summed E-state index contributed by atoms with van der Waals surface area (Å²) >= 11 is 0. The zero-order valence-electron chi connectivity index (χ0n) is 13.1. The Morgan fingerprint density at radius 2 is 1.68 bits per heavy atom. The third kappa shape index (κ3) is 6.64. The minimum Gasteiger partial charge on any atom is -0.333 e. The number of carbonyl (C=O) groups is 2. The minimum atomic E-state index is -4.27. The maximum atomic E-state index is 12.9. The third-order valence-electron chi connectivity index (χ3n) is 3.45. The number of amides is 3. The van der Waals surface area contributed by atoms with Crippen LogP contribution in [0.3, 0.4) is 0 Å². The Labute approximate surface area is 128 Å². The third-order valence-corrected chi connectivity index (χ3v) is 3.45. The SMILES string of the molecule is CC(C)(C)NC(=O)NC(=O)CN[C@H]1CCCC[C@@H]1C(F)(F)F. The predicted octanol–water partition coefficient (Wildman–Crippen LogP) is 2.32. The van der Waals surface area contributed by atoms with Gasteiger partial charge in [-0.2, -0.15) is 13.2 Å². The van der Waals surface area contributed by atoms with Crippen molar-refractivity contribution in [3.63, 3.8) is 0 Å². The highest BCUT2D eigenvalue weighted by Gasteiger charge is 2.45. The van der Waals surface area contributed by atoms with E-state index in [2.05, 4.69) is 16.0 Å². The topological polar surface area (TPSA) is 70.2 Å². The maximum Gasteiger partial charge on any atom is 0.393 e. The van der Waals surface area contributed by atoms with Crippen LogP contribution in [0.5, 0.6) is 0 Å². The standard InChI is InChI=1S/C14H24F3N3O2/c1-13(2,3)20-12(22)19-11(21)8-18-10-7-5-4-6-9(10)14(15,16)17/h9-10,18H,4-8H2,1-3H3,(H2,19,20,21,22)/t9-,10-/m0/s1. The summed E-state index contributed by atoms with van der Waals surface area (Å²) in [5, 5.41) is 7.27. The van der Waals surface area contributed by atoms with E-state index in [0.29, 0.717) is 19.3 Å². The largest absolute Gasteiger partial charge is 0.393 e. The molecule has 8 heteroatoms. The molecular formula is C14H24F3N3O2. The molecule has 0 bridgehead atoms. The summed E-state index contributed by atoms with van der Waals surface area (Å²) in [5.74, 6) is -2.08. The van der Waals surface area contributed by atoms with Crippen LogP contribution >= 0.6 is 0 Å². The highest BCUT2D eigenvalue weighted by atomic mass is 19.4. The van der Waals surface area contributed by atoms with Crippen LogP contribution in [-0.4, -0.2) is 36.2 Å². The summed E-state index contributed by atoms with van der Waals surface area (Å²) in [7, 11) is 0. The highest BCUT2D eigenvalue weighted by molar-refractivity contribution is 5.95. The molecule has 0 aromatic heterocycles. The summed E-state index contributed by atoms with van der Waals surface area (Å²) in [6.07, 6.45) is -2.56. The second-order valence-corrected chi connectivity index (χ2v) is 6.67. The van der Waals surface area contributed by atoms with E-state index in [1.807, 2.05) is 0 Å². The van der Waals surface area contributed by atoms with Gasteiger partial charge in [0.25, 0.3) is 0 Å². The monoisotopic (exact) mass is 323 g/mol. The number of hydrogen-bond donors (Lipinski definition) is 3. The molecule has 1 fully saturated rings. The summed E-state index contributed by atoms with van der Waals surface area (Å²) in [5.41, 5.74) is -0.497. The lowest BCUT2D eigenvalue weighted by Crippen LogP contribution is -2.52. The summed E-state index contributed by atoms with van der Waals surface area (Å²) < 4.78 is 38.7. The molecule has 1 aliphatic carbocycles. The van der Waals surface area contributed by atoms with Crippen molar-refractivity contribution in [1.29, 1.82) is 0 Å². The fraction of sp³-hybridized carbons (Fsp3) is 0.857. The molecule has 0 heterocycles. The number of carbonyl (C=O) groups excluding carboxylic acids is 2. The average Bonchev–Trinajstić information content (AvgIpc) is 2.33. The Morgan fingerprint density at radius 1 is 1.09 bits per heavy atom. The van der Waals surface area contributed by atoms with Gasteiger partial charge in [0.2, 0.25) is 5.91 Å². The van der Waals surface area contributed by atoms with Gasteiger partial charge in [-0.3, -0.25) is 10.1 Å². The molecule has 0 saturated heterocycles. The summed E-state index contributed by atoms with van der Waals surface area (Å²) in [4.78, 5) is 23.1. The van der Waals surface area contributed by atoms with Crippen molar-refractivity contribution in [2.75, 3.05) is 6.54 Å². The molecule has 0 aliphatic heterocycles. The summed E-state index contributed by atoms with van der Waals surface area (Å²) in [6.45, 7) is 4.95. The first-order chi connectivity index (χ1) is 9.99. The minimum absolute atomic E-state index is 0.0767. The first-order valence-electron chi connectivity index (χ1n) is 7.41. The van der Waals surface area contributed by atoms with Crippen LogP contribution in [0.2, 0.25) is 0 Å². The van der Waals surface area contributed by atoms with Gasteiger partial charge in [-0.05, 0) is 33.6 Å². The smallest absolute Gasteiger partial charge is 0.333 e. The number of nitrogens with one attached hydrogen (secondary N) is 3. The summed E-state index contributed by atoms with van der Waals surface area (Å²) in [6, 6.07) is -1.43. The van der Waals surface area contributed by atoms with E-state index in [9.17, 15) is 22.8 Å². The van der Waals surface area contributed by atoms with E-state index in [4.69, 9.17) is 0 Å². The van der Waals surface area contributed by atoms with Crippen molar-refractivity contribution in [3.05, 3.63) is 0 Å². The van der Waals surface area contributed by atoms with E-state index in [1.54, 1.807) is 20.8 Å². The zero-order valence-corrected chi connectivity index (χ0v) is 13.1. The highest BCUT2D eigenvalue weighted by Crippen LogP contribution is 2.37. The molecular weight excluding hydrogens is 299 g/mol. The number of imide groups is 1. The quantitative estimate of drug-likeness (QED) is 0.746. The number of hydrogen-bond acceptors (Lipinski definition) is 3.